The molecule has 1 heterocycles. The molecule has 1 aliphatic rings. The lowest BCUT2D eigenvalue weighted by Crippen LogP contribution is -2.55. The van der Waals surface area contributed by atoms with Crippen LogP contribution in [0.3, 0.4) is 0 Å². The summed E-state index contributed by atoms with van der Waals surface area (Å²) in [5, 5.41) is 6.12. The average molecular weight is 269 g/mol. The molecule has 19 heavy (non-hydrogen) atoms. The predicted molar refractivity (Wildman–Crippen MR) is 75.7 cm³/mol. The fourth-order valence-electron chi connectivity index (χ4n) is 2.18. The van der Waals surface area contributed by atoms with E-state index in [-0.39, 0.29) is 23.8 Å². The van der Waals surface area contributed by atoms with Crippen LogP contribution in [0.25, 0.3) is 0 Å². The molecule has 1 unspecified atom stereocenters. The zero-order valence-electron chi connectivity index (χ0n) is 12.4. The zero-order chi connectivity index (χ0) is 14.3. The standard InChI is InChI=1S/C14H27N3O2/c1-4-5-6-12(18)16-13(11(2)3)14(19)17-9-7-15-8-10-17/h11,13,15H,4-10H2,1-3H3,(H,16,18). The largest absolute Gasteiger partial charge is 0.344 e. The second-order valence-corrected chi connectivity index (χ2v) is 5.47. The molecule has 0 radical (unpaired) electrons. The Morgan fingerprint density at radius 3 is 2.42 bits per heavy atom. The minimum Gasteiger partial charge on any atom is -0.344 e. The summed E-state index contributed by atoms with van der Waals surface area (Å²) in [6.07, 6.45) is 2.37. The molecule has 110 valence electrons. The molecular formula is C14H27N3O2. The molecule has 1 rings (SSSR count). The van der Waals surface area contributed by atoms with E-state index in [4.69, 9.17) is 0 Å². The average Bonchev–Trinajstić information content (AvgIpc) is 2.42. The van der Waals surface area contributed by atoms with E-state index in [1.165, 1.54) is 0 Å². The van der Waals surface area contributed by atoms with Gasteiger partial charge in [0.1, 0.15) is 6.04 Å². The van der Waals surface area contributed by atoms with Crippen molar-refractivity contribution in [1.82, 2.24) is 15.5 Å². The van der Waals surface area contributed by atoms with Gasteiger partial charge in [-0.05, 0) is 12.3 Å². The van der Waals surface area contributed by atoms with E-state index in [1.807, 2.05) is 18.7 Å². The van der Waals surface area contributed by atoms with Gasteiger partial charge in [-0.15, -0.1) is 0 Å². The molecule has 5 nitrogen and oxygen atoms in total. The molecule has 0 bridgehead atoms. The number of nitrogens with one attached hydrogen (secondary N) is 2. The van der Waals surface area contributed by atoms with Gasteiger partial charge < -0.3 is 15.5 Å². The Balaban J connectivity index is 2.55. The quantitative estimate of drug-likeness (QED) is 0.748. The summed E-state index contributed by atoms with van der Waals surface area (Å²) in [6, 6.07) is -0.387. The summed E-state index contributed by atoms with van der Waals surface area (Å²) >= 11 is 0. The first-order chi connectivity index (χ1) is 9.06. The number of piperazine rings is 1. The van der Waals surface area contributed by atoms with Crippen LogP contribution in [0.15, 0.2) is 0 Å². The molecule has 1 fully saturated rings. The number of hydrogen-bond acceptors (Lipinski definition) is 3. The zero-order valence-corrected chi connectivity index (χ0v) is 12.4. The van der Waals surface area contributed by atoms with Gasteiger partial charge in [0.05, 0.1) is 0 Å². The maximum absolute atomic E-state index is 12.4. The fourth-order valence-corrected chi connectivity index (χ4v) is 2.18. The first kappa shape index (κ1) is 16.0. The minimum absolute atomic E-state index is 0.0102. The molecule has 2 amide bonds. The fraction of sp³-hybridized carbons (Fsp3) is 0.857. The second-order valence-electron chi connectivity index (χ2n) is 5.47. The van der Waals surface area contributed by atoms with E-state index < -0.39 is 0 Å². The van der Waals surface area contributed by atoms with Gasteiger partial charge in [0, 0.05) is 32.6 Å². The topological polar surface area (TPSA) is 61.4 Å². The Labute approximate surface area is 116 Å². The highest BCUT2D eigenvalue weighted by Crippen LogP contribution is 2.08. The van der Waals surface area contributed by atoms with Crippen molar-refractivity contribution in [2.24, 2.45) is 5.92 Å². The maximum Gasteiger partial charge on any atom is 0.245 e. The van der Waals surface area contributed by atoms with Crippen LogP contribution >= 0.6 is 0 Å². The van der Waals surface area contributed by atoms with Crippen LogP contribution in [-0.4, -0.2) is 48.9 Å². The van der Waals surface area contributed by atoms with Gasteiger partial charge in [0.25, 0.3) is 0 Å². The van der Waals surface area contributed by atoms with Crippen LogP contribution in [0.4, 0.5) is 0 Å². The second kappa shape index (κ2) is 8.15. The van der Waals surface area contributed by atoms with Crippen LogP contribution in [0.5, 0.6) is 0 Å². The molecule has 0 aliphatic carbocycles. The van der Waals surface area contributed by atoms with Gasteiger partial charge in [0.2, 0.25) is 11.8 Å². The highest BCUT2D eigenvalue weighted by Gasteiger charge is 2.28. The van der Waals surface area contributed by atoms with Crippen molar-refractivity contribution in [3.63, 3.8) is 0 Å². The smallest absolute Gasteiger partial charge is 0.245 e. The lowest BCUT2D eigenvalue weighted by molar-refractivity contribution is -0.138. The van der Waals surface area contributed by atoms with Crippen LogP contribution in [0.2, 0.25) is 0 Å². The van der Waals surface area contributed by atoms with Gasteiger partial charge in [0.15, 0.2) is 0 Å². The van der Waals surface area contributed by atoms with Gasteiger partial charge in [-0.2, -0.15) is 0 Å². The predicted octanol–water partition coefficient (Wildman–Crippen LogP) is 0.749. The summed E-state index contributed by atoms with van der Waals surface area (Å²) in [5.41, 5.74) is 0. The summed E-state index contributed by atoms with van der Waals surface area (Å²) in [4.78, 5) is 26.1. The lowest BCUT2D eigenvalue weighted by Gasteiger charge is -2.32. The number of amides is 2. The van der Waals surface area contributed by atoms with E-state index in [2.05, 4.69) is 17.6 Å². The number of carbonyl (C=O) groups excluding carboxylic acids is 2. The SMILES string of the molecule is CCCCC(=O)NC(C(=O)N1CCNCC1)C(C)C. The van der Waals surface area contributed by atoms with Crippen LogP contribution in [0.1, 0.15) is 40.0 Å². The van der Waals surface area contributed by atoms with Crippen molar-refractivity contribution in [1.29, 1.82) is 0 Å². The van der Waals surface area contributed by atoms with Crippen LogP contribution in [0, 0.1) is 5.92 Å². The van der Waals surface area contributed by atoms with Crippen molar-refractivity contribution in [2.75, 3.05) is 26.2 Å². The maximum atomic E-state index is 12.4. The lowest BCUT2D eigenvalue weighted by atomic mass is 10.0. The third kappa shape index (κ3) is 5.19. The van der Waals surface area contributed by atoms with Crippen LogP contribution < -0.4 is 10.6 Å². The van der Waals surface area contributed by atoms with Gasteiger partial charge >= 0.3 is 0 Å². The van der Waals surface area contributed by atoms with Gasteiger partial charge in [-0.25, -0.2) is 0 Å². The van der Waals surface area contributed by atoms with E-state index >= 15 is 0 Å². The molecule has 0 aromatic carbocycles. The van der Waals surface area contributed by atoms with Crippen molar-refractivity contribution >= 4 is 11.8 Å². The molecule has 0 saturated carbocycles. The molecule has 2 N–H and O–H groups in total. The first-order valence-corrected chi connectivity index (χ1v) is 7.35. The summed E-state index contributed by atoms with van der Waals surface area (Å²) in [5.74, 6) is 0.165. The van der Waals surface area contributed by atoms with E-state index in [1.54, 1.807) is 0 Å². The Kier molecular flexibility index (Phi) is 6.84. The molecule has 1 atom stereocenters. The molecule has 0 aromatic rings. The normalized spacial score (nSPS) is 17.4. The van der Waals surface area contributed by atoms with Crippen molar-refractivity contribution in [3.8, 4) is 0 Å². The van der Waals surface area contributed by atoms with E-state index in [0.29, 0.717) is 6.42 Å². The van der Waals surface area contributed by atoms with E-state index in [9.17, 15) is 9.59 Å². The molecule has 0 spiro atoms. The van der Waals surface area contributed by atoms with Crippen molar-refractivity contribution in [2.45, 2.75) is 46.1 Å². The summed E-state index contributed by atoms with van der Waals surface area (Å²) in [7, 11) is 0. The molecule has 0 aromatic heterocycles. The van der Waals surface area contributed by atoms with Crippen molar-refractivity contribution in [3.05, 3.63) is 0 Å². The van der Waals surface area contributed by atoms with Crippen LogP contribution in [-0.2, 0) is 9.59 Å². The number of rotatable bonds is 6. The number of nitrogens with zero attached hydrogens (tertiary/aromatic N) is 1. The molecular weight excluding hydrogens is 242 g/mol. The monoisotopic (exact) mass is 269 g/mol. The molecule has 5 heteroatoms. The highest BCUT2D eigenvalue weighted by molar-refractivity contribution is 5.88. The van der Waals surface area contributed by atoms with Gasteiger partial charge in [-0.3, -0.25) is 9.59 Å². The number of unbranched alkanes of at least 4 members (excludes halogenated alkanes) is 1. The molecule has 1 aliphatic heterocycles. The summed E-state index contributed by atoms with van der Waals surface area (Å²) in [6.45, 7) is 9.13. The van der Waals surface area contributed by atoms with Gasteiger partial charge in [-0.1, -0.05) is 27.2 Å². The summed E-state index contributed by atoms with van der Waals surface area (Å²) < 4.78 is 0. The minimum atomic E-state index is -0.387. The van der Waals surface area contributed by atoms with E-state index in [0.717, 1.165) is 39.0 Å². The molecule has 1 saturated heterocycles. The Bertz CT molecular complexity index is 299. The number of hydrogen-bond donors (Lipinski definition) is 2. The Hall–Kier alpha value is -1.10. The highest BCUT2D eigenvalue weighted by atomic mass is 16.2. The Morgan fingerprint density at radius 1 is 1.26 bits per heavy atom. The Morgan fingerprint density at radius 2 is 1.89 bits per heavy atom. The third-order valence-corrected chi connectivity index (χ3v) is 3.44. The number of carbonyl (C=O) groups is 2. The van der Waals surface area contributed by atoms with Crippen molar-refractivity contribution < 1.29 is 9.59 Å². The third-order valence-electron chi connectivity index (χ3n) is 3.44. The first-order valence-electron chi connectivity index (χ1n) is 7.35.